The summed E-state index contributed by atoms with van der Waals surface area (Å²) in [5, 5.41) is 6.56. The number of hydrogen-bond donors (Lipinski definition) is 2. The zero-order chi connectivity index (χ0) is 17.9. The maximum absolute atomic E-state index is 12.4. The number of nitrogens with one attached hydrogen (secondary N) is 1. The Morgan fingerprint density at radius 3 is 2.79 bits per heavy atom. The third-order valence-corrected chi connectivity index (χ3v) is 6.05. The molecule has 0 radical (unpaired) electrons. The zero-order valence-electron chi connectivity index (χ0n) is 14.9. The Bertz CT molecular complexity index is 927. The lowest BCUT2D eigenvalue weighted by molar-refractivity contribution is 0.102. The highest BCUT2D eigenvalue weighted by Gasteiger charge is 2.16. The molecule has 28 heavy (non-hydrogen) atoms. The third kappa shape index (κ3) is 5.11. The number of thiazole rings is 2. The summed E-state index contributed by atoms with van der Waals surface area (Å²) in [7, 11) is 0. The van der Waals surface area contributed by atoms with Gasteiger partial charge in [0.05, 0.1) is 28.4 Å². The van der Waals surface area contributed by atoms with Gasteiger partial charge in [-0.1, -0.05) is 11.3 Å². The number of amides is 1. The molecule has 11 heteroatoms. The fourth-order valence-corrected chi connectivity index (χ4v) is 4.58. The molecule has 1 amide bonds. The summed E-state index contributed by atoms with van der Waals surface area (Å²) < 4.78 is 6.44. The van der Waals surface area contributed by atoms with E-state index in [2.05, 4.69) is 15.2 Å². The van der Waals surface area contributed by atoms with E-state index in [1.807, 2.05) is 18.2 Å². The van der Waals surface area contributed by atoms with Crippen LogP contribution < -0.4 is 16.0 Å². The van der Waals surface area contributed by atoms with Crippen LogP contribution in [0.25, 0.3) is 10.2 Å². The number of halogens is 2. The predicted octanol–water partition coefficient (Wildman–Crippen LogP) is 3.19. The van der Waals surface area contributed by atoms with Gasteiger partial charge < -0.3 is 20.7 Å². The van der Waals surface area contributed by atoms with E-state index in [1.165, 1.54) is 11.3 Å². The van der Waals surface area contributed by atoms with Crippen molar-refractivity contribution in [2.75, 3.05) is 43.1 Å². The first-order valence-corrected chi connectivity index (χ1v) is 10.1. The van der Waals surface area contributed by atoms with E-state index in [9.17, 15) is 4.79 Å². The van der Waals surface area contributed by atoms with E-state index in [0.29, 0.717) is 18.7 Å². The van der Waals surface area contributed by atoms with Gasteiger partial charge in [-0.2, -0.15) is 0 Å². The number of nitrogens with two attached hydrogens (primary N) is 1. The van der Waals surface area contributed by atoms with Crippen molar-refractivity contribution < 1.29 is 9.53 Å². The number of morpholine rings is 1. The zero-order valence-corrected chi connectivity index (χ0v) is 18.2. The molecule has 1 aliphatic rings. The smallest absolute Gasteiger partial charge is 0.275 e. The Labute approximate surface area is 183 Å². The largest absolute Gasteiger partial charge is 0.378 e. The van der Waals surface area contributed by atoms with E-state index in [0.717, 1.165) is 52.3 Å². The first kappa shape index (κ1) is 22.8. The molecule has 4 rings (SSSR count). The minimum Gasteiger partial charge on any atom is -0.378 e. The number of nitrogens with zero attached hydrogens (tertiary/aromatic N) is 3. The van der Waals surface area contributed by atoms with Crippen molar-refractivity contribution in [3.05, 3.63) is 34.3 Å². The average Bonchev–Trinajstić information content (AvgIpc) is 3.29. The topological polar surface area (TPSA) is 93.4 Å². The van der Waals surface area contributed by atoms with Crippen LogP contribution in [-0.4, -0.2) is 48.7 Å². The first-order chi connectivity index (χ1) is 12.7. The summed E-state index contributed by atoms with van der Waals surface area (Å²) in [4.78, 5) is 23.6. The van der Waals surface area contributed by atoms with Gasteiger partial charge >= 0.3 is 0 Å². The van der Waals surface area contributed by atoms with Crippen molar-refractivity contribution in [1.82, 2.24) is 9.97 Å². The summed E-state index contributed by atoms with van der Waals surface area (Å²) in [6.45, 7) is 3.72. The molecule has 3 heterocycles. The number of carbonyl (C=O) groups excluding carboxylic acids is 1. The standard InChI is InChI=1S/C17H19N5O2S2.2ClH/c18-4-3-15-20-13(10-25-15)16(23)19-11-1-2-12-14(9-11)26-17(21-12)22-5-7-24-8-6-22;;/h1-2,9-10H,3-8,18H2,(H,19,23);2*1H. The molecule has 1 saturated heterocycles. The van der Waals surface area contributed by atoms with Gasteiger partial charge in [0, 0.05) is 30.6 Å². The molecule has 3 aromatic rings. The Balaban J connectivity index is 0.00000140. The molecule has 1 fully saturated rings. The van der Waals surface area contributed by atoms with Crippen molar-refractivity contribution in [3.8, 4) is 0 Å². The van der Waals surface area contributed by atoms with Gasteiger partial charge in [0.2, 0.25) is 0 Å². The lowest BCUT2D eigenvalue weighted by atomic mass is 10.3. The van der Waals surface area contributed by atoms with Crippen LogP contribution in [0.1, 0.15) is 15.5 Å². The summed E-state index contributed by atoms with van der Waals surface area (Å²) in [6.07, 6.45) is 0.690. The summed E-state index contributed by atoms with van der Waals surface area (Å²) in [5.74, 6) is -0.207. The normalized spacial score (nSPS) is 13.7. The minimum atomic E-state index is -0.207. The second-order valence-electron chi connectivity index (χ2n) is 5.90. The first-order valence-electron chi connectivity index (χ1n) is 8.42. The molecular formula is C17H21Cl2N5O2S2. The van der Waals surface area contributed by atoms with Crippen molar-refractivity contribution in [2.45, 2.75) is 6.42 Å². The van der Waals surface area contributed by atoms with Crippen molar-refractivity contribution >= 4 is 74.4 Å². The van der Waals surface area contributed by atoms with E-state index >= 15 is 0 Å². The molecular weight excluding hydrogens is 441 g/mol. The molecule has 1 aliphatic heterocycles. The highest BCUT2D eigenvalue weighted by atomic mass is 35.5. The van der Waals surface area contributed by atoms with E-state index in [1.54, 1.807) is 16.7 Å². The van der Waals surface area contributed by atoms with E-state index in [4.69, 9.17) is 15.5 Å². The molecule has 0 bridgehead atoms. The van der Waals surface area contributed by atoms with Gasteiger partial charge in [-0.15, -0.1) is 36.2 Å². The molecule has 7 nitrogen and oxygen atoms in total. The number of aromatic nitrogens is 2. The van der Waals surface area contributed by atoms with Crippen LogP contribution in [0.3, 0.4) is 0 Å². The van der Waals surface area contributed by atoms with Crippen LogP contribution in [0.4, 0.5) is 10.8 Å². The monoisotopic (exact) mass is 461 g/mol. The maximum atomic E-state index is 12.4. The summed E-state index contributed by atoms with van der Waals surface area (Å²) in [5.41, 5.74) is 7.64. The number of benzene rings is 1. The fourth-order valence-electron chi connectivity index (χ4n) is 2.73. The van der Waals surface area contributed by atoms with Crippen LogP contribution in [0.5, 0.6) is 0 Å². The summed E-state index contributed by atoms with van der Waals surface area (Å²) >= 11 is 3.09. The van der Waals surface area contributed by atoms with Crippen molar-refractivity contribution in [1.29, 1.82) is 0 Å². The highest BCUT2D eigenvalue weighted by Crippen LogP contribution is 2.31. The fraction of sp³-hybridized carbons (Fsp3) is 0.353. The third-order valence-electron chi connectivity index (χ3n) is 4.06. The van der Waals surface area contributed by atoms with E-state index in [-0.39, 0.29) is 30.7 Å². The van der Waals surface area contributed by atoms with Gasteiger partial charge in [-0.05, 0) is 24.7 Å². The van der Waals surface area contributed by atoms with Crippen LogP contribution >= 0.6 is 47.5 Å². The lowest BCUT2D eigenvalue weighted by Crippen LogP contribution is -2.36. The average molecular weight is 462 g/mol. The number of fused-ring (bicyclic) bond motifs is 1. The van der Waals surface area contributed by atoms with Crippen LogP contribution in [0.2, 0.25) is 0 Å². The van der Waals surface area contributed by atoms with Gasteiger partial charge in [0.1, 0.15) is 5.69 Å². The van der Waals surface area contributed by atoms with Gasteiger partial charge in [-0.3, -0.25) is 4.79 Å². The Morgan fingerprint density at radius 2 is 2.04 bits per heavy atom. The van der Waals surface area contributed by atoms with Crippen molar-refractivity contribution in [3.63, 3.8) is 0 Å². The molecule has 0 saturated carbocycles. The van der Waals surface area contributed by atoms with Gasteiger partial charge in [-0.25, -0.2) is 9.97 Å². The highest BCUT2D eigenvalue weighted by molar-refractivity contribution is 7.22. The predicted molar refractivity (Wildman–Crippen MR) is 120 cm³/mol. The second-order valence-corrected chi connectivity index (χ2v) is 7.85. The Morgan fingerprint density at radius 1 is 1.25 bits per heavy atom. The summed E-state index contributed by atoms with van der Waals surface area (Å²) in [6, 6.07) is 5.77. The molecule has 3 N–H and O–H groups in total. The molecule has 2 aromatic heterocycles. The number of ether oxygens (including phenoxy) is 1. The molecule has 0 unspecified atom stereocenters. The van der Waals surface area contributed by atoms with Crippen LogP contribution in [-0.2, 0) is 11.2 Å². The van der Waals surface area contributed by atoms with Crippen LogP contribution in [0, 0.1) is 0 Å². The minimum absolute atomic E-state index is 0. The number of rotatable bonds is 5. The van der Waals surface area contributed by atoms with Gasteiger partial charge in [0.25, 0.3) is 5.91 Å². The SMILES string of the molecule is Cl.Cl.NCCc1nc(C(=O)Nc2ccc3nc(N4CCOCC4)sc3c2)cs1. The molecule has 0 atom stereocenters. The quantitative estimate of drug-likeness (QED) is 0.605. The number of anilines is 2. The van der Waals surface area contributed by atoms with Crippen LogP contribution in [0.15, 0.2) is 23.6 Å². The Kier molecular flexibility index (Phi) is 8.41. The maximum Gasteiger partial charge on any atom is 0.275 e. The molecule has 152 valence electrons. The number of hydrogen-bond acceptors (Lipinski definition) is 8. The molecule has 0 spiro atoms. The number of carbonyl (C=O) groups is 1. The second kappa shape index (κ2) is 10.3. The lowest BCUT2D eigenvalue weighted by Gasteiger charge is -2.25. The molecule has 1 aromatic carbocycles. The van der Waals surface area contributed by atoms with E-state index < -0.39 is 0 Å². The van der Waals surface area contributed by atoms with Crippen molar-refractivity contribution in [2.24, 2.45) is 5.73 Å². The molecule has 0 aliphatic carbocycles. The Hall–Kier alpha value is -1.49. The van der Waals surface area contributed by atoms with Gasteiger partial charge in [0.15, 0.2) is 5.13 Å².